The Morgan fingerprint density at radius 3 is 2.46 bits per heavy atom. The second-order valence-electron chi connectivity index (χ2n) is 4.97. The Kier molecular flexibility index (Phi) is 7.55. The van der Waals surface area contributed by atoms with Crippen LogP contribution in [0.1, 0.15) is 5.56 Å². The molecular weight excluding hydrogens is 366 g/mol. The van der Waals surface area contributed by atoms with Gasteiger partial charge in [0.05, 0.1) is 4.90 Å². The van der Waals surface area contributed by atoms with Gasteiger partial charge in [-0.25, -0.2) is 12.7 Å². The maximum atomic E-state index is 12.2. The number of hydrogen-bond acceptors (Lipinski definition) is 4. The molecule has 1 rings (SSSR count). The predicted molar refractivity (Wildman–Crippen MR) is 105 cm³/mol. The fourth-order valence-corrected chi connectivity index (χ4v) is 2.81. The number of hydrogen-bond donors (Lipinski definition) is 4. The highest BCUT2D eigenvalue weighted by Gasteiger charge is 2.18. The van der Waals surface area contributed by atoms with Crippen LogP contribution in [0, 0.1) is 6.92 Å². The summed E-state index contributed by atoms with van der Waals surface area (Å²) in [5.41, 5.74) is 6.87. The maximum Gasteiger partial charge on any atom is 0.242 e. The summed E-state index contributed by atoms with van der Waals surface area (Å²) in [5, 5.41) is 6.42. The molecule has 7 nitrogen and oxygen atoms in total. The summed E-state index contributed by atoms with van der Waals surface area (Å²) in [5.74, 6) is 0. The van der Waals surface area contributed by atoms with E-state index in [0.717, 1.165) is 9.87 Å². The number of aryl methyl sites for hydroxylation is 1. The Labute approximate surface area is 153 Å². The SMILES string of the molecule is C=CCNC(=S)NNC(=S)Nc1cc(S(=O)(=O)N(C)C)ccc1C. The van der Waals surface area contributed by atoms with E-state index in [4.69, 9.17) is 24.4 Å². The molecule has 0 bridgehead atoms. The Balaban J connectivity index is 2.79. The first-order valence-electron chi connectivity index (χ1n) is 6.93. The van der Waals surface area contributed by atoms with Gasteiger partial charge < -0.3 is 10.6 Å². The molecule has 1 aromatic carbocycles. The molecule has 0 spiro atoms. The van der Waals surface area contributed by atoms with E-state index in [1.807, 2.05) is 6.92 Å². The number of sulfonamides is 1. The molecule has 0 saturated carbocycles. The molecule has 1 aromatic rings. The van der Waals surface area contributed by atoms with Gasteiger partial charge >= 0.3 is 0 Å². The average molecular weight is 388 g/mol. The zero-order chi connectivity index (χ0) is 18.3. The second kappa shape index (κ2) is 8.92. The smallest absolute Gasteiger partial charge is 0.242 e. The molecule has 0 unspecified atom stereocenters. The summed E-state index contributed by atoms with van der Waals surface area (Å²) < 4.78 is 25.6. The summed E-state index contributed by atoms with van der Waals surface area (Å²) in [6, 6.07) is 4.80. The van der Waals surface area contributed by atoms with Crippen LogP contribution in [-0.4, -0.2) is 43.6 Å². The minimum Gasteiger partial charge on any atom is -0.358 e. The van der Waals surface area contributed by atoms with Gasteiger partial charge in [-0.05, 0) is 49.1 Å². The Morgan fingerprint density at radius 2 is 1.88 bits per heavy atom. The molecule has 0 aliphatic carbocycles. The lowest BCUT2D eigenvalue weighted by Crippen LogP contribution is -2.48. The third-order valence-electron chi connectivity index (χ3n) is 2.93. The third-order valence-corrected chi connectivity index (χ3v) is 5.19. The fraction of sp³-hybridized carbons (Fsp3) is 0.286. The highest BCUT2D eigenvalue weighted by Crippen LogP contribution is 2.21. The standard InChI is InChI=1S/C14H21N5O2S3/c1-5-8-15-13(22)17-18-14(23)16-12-9-11(7-6-10(12)2)24(20,21)19(3)4/h5-7,9H,1,8H2,2-4H3,(H2,15,17,22)(H2,16,18,23). The van der Waals surface area contributed by atoms with E-state index < -0.39 is 10.0 Å². The van der Waals surface area contributed by atoms with Crippen molar-refractivity contribution in [3.05, 3.63) is 36.4 Å². The number of anilines is 1. The molecule has 0 atom stereocenters. The van der Waals surface area contributed by atoms with E-state index in [2.05, 4.69) is 28.1 Å². The highest BCUT2D eigenvalue weighted by molar-refractivity contribution is 7.89. The zero-order valence-corrected chi connectivity index (χ0v) is 16.2. The van der Waals surface area contributed by atoms with Crippen molar-refractivity contribution >= 4 is 50.4 Å². The lowest BCUT2D eigenvalue weighted by atomic mass is 10.2. The number of thiocarbonyl (C=S) groups is 2. The third kappa shape index (κ3) is 5.71. The molecule has 0 aliphatic rings. The van der Waals surface area contributed by atoms with Gasteiger partial charge in [0.2, 0.25) is 10.0 Å². The topological polar surface area (TPSA) is 85.5 Å². The quantitative estimate of drug-likeness (QED) is 0.340. The van der Waals surface area contributed by atoms with Crippen LogP contribution < -0.4 is 21.5 Å². The molecular formula is C14H21N5O2S3. The summed E-state index contributed by atoms with van der Waals surface area (Å²) in [7, 11) is -0.551. The van der Waals surface area contributed by atoms with Crippen LogP contribution in [0.25, 0.3) is 0 Å². The molecule has 0 aromatic heterocycles. The van der Waals surface area contributed by atoms with Gasteiger partial charge in [0, 0.05) is 26.3 Å². The average Bonchev–Trinajstić information content (AvgIpc) is 2.52. The van der Waals surface area contributed by atoms with Gasteiger partial charge in [0.15, 0.2) is 10.2 Å². The van der Waals surface area contributed by atoms with Crippen molar-refractivity contribution in [3.63, 3.8) is 0 Å². The molecule has 10 heteroatoms. The van der Waals surface area contributed by atoms with Crippen LogP contribution in [0.3, 0.4) is 0 Å². The number of rotatable bonds is 5. The normalized spacial score (nSPS) is 10.8. The maximum absolute atomic E-state index is 12.2. The van der Waals surface area contributed by atoms with Crippen LogP contribution in [0.4, 0.5) is 5.69 Å². The van der Waals surface area contributed by atoms with Crippen molar-refractivity contribution in [2.24, 2.45) is 0 Å². The lowest BCUT2D eigenvalue weighted by molar-refractivity contribution is 0.521. The molecule has 0 aliphatic heterocycles. The Bertz CT molecular complexity index is 732. The van der Waals surface area contributed by atoms with E-state index in [0.29, 0.717) is 17.3 Å². The minimum atomic E-state index is -3.51. The van der Waals surface area contributed by atoms with Gasteiger partial charge in [-0.15, -0.1) is 6.58 Å². The van der Waals surface area contributed by atoms with Crippen LogP contribution in [-0.2, 0) is 10.0 Å². The van der Waals surface area contributed by atoms with Gasteiger partial charge in [-0.3, -0.25) is 10.9 Å². The van der Waals surface area contributed by atoms with Crippen molar-refractivity contribution in [1.82, 2.24) is 20.5 Å². The van der Waals surface area contributed by atoms with E-state index >= 15 is 0 Å². The Morgan fingerprint density at radius 1 is 1.25 bits per heavy atom. The summed E-state index contributed by atoms with van der Waals surface area (Å²) in [6.07, 6.45) is 1.67. The van der Waals surface area contributed by atoms with Crippen molar-refractivity contribution < 1.29 is 8.42 Å². The van der Waals surface area contributed by atoms with Crippen LogP contribution in [0.5, 0.6) is 0 Å². The summed E-state index contributed by atoms with van der Waals surface area (Å²) in [6.45, 7) is 5.95. The first-order chi connectivity index (χ1) is 11.2. The minimum absolute atomic E-state index is 0.180. The monoisotopic (exact) mass is 387 g/mol. The molecule has 0 radical (unpaired) electrons. The first kappa shape index (κ1) is 20.3. The lowest BCUT2D eigenvalue weighted by Gasteiger charge is -2.17. The van der Waals surface area contributed by atoms with Gasteiger partial charge in [0.25, 0.3) is 0 Å². The Hall–Kier alpha value is -1.75. The fourth-order valence-electron chi connectivity index (χ4n) is 1.58. The van der Waals surface area contributed by atoms with Gasteiger partial charge in [0.1, 0.15) is 0 Å². The van der Waals surface area contributed by atoms with Crippen LogP contribution >= 0.6 is 24.4 Å². The van der Waals surface area contributed by atoms with Crippen molar-refractivity contribution in [3.8, 4) is 0 Å². The molecule has 0 fully saturated rings. The van der Waals surface area contributed by atoms with Gasteiger partial charge in [-0.1, -0.05) is 12.1 Å². The zero-order valence-electron chi connectivity index (χ0n) is 13.7. The molecule has 4 N–H and O–H groups in total. The van der Waals surface area contributed by atoms with Crippen molar-refractivity contribution in [2.75, 3.05) is 26.0 Å². The molecule has 132 valence electrons. The van der Waals surface area contributed by atoms with Crippen LogP contribution in [0.15, 0.2) is 35.7 Å². The predicted octanol–water partition coefficient (Wildman–Crippen LogP) is 1.10. The van der Waals surface area contributed by atoms with E-state index in [1.165, 1.54) is 20.2 Å². The summed E-state index contributed by atoms with van der Waals surface area (Å²) in [4.78, 5) is 0.180. The van der Waals surface area contributed by atoms with E-state index in [9.17, 15) is 8.42 Å². The molecule has 24 heavy (non-hydrogen) atoms. The van der Waals surface area contributed by atoms with Gasteiger partial charge in [-0.2, -0.15) is 0 Å². The molecule has 0 saturated heterocycles. The van der Waals surface area contributed by atoms with E-state index in [1.54, 1.807) is 18.2 Å². The van der Waals surface area contributed by atoms with Crippen molar-refractivity contribution in [1.29, 1.82) is 0 Å². The first-order valence-corrected chi connectivity index (χ1v) is 9.19. The number of benzene rings is 1. The van der Waals surface area contributed by atoms with E-state index in [-0.39, 0.29) is 10.0 Å². The number of nitrogens with one attached hydrogen (secondary N) is 4. The summed E-state index contributed by atoms with van der Waals surface area (Å²) >= 11 is 10.2. The number of nitrogens with zero attached hydrogens (tertiary/aromatic N) is 1. The molecule has 0 amide bonds. The van der Waals surface area contributed by atoms with Crippen LogP contribution in [0.2, 0.25) is 0 Å². The largest absolute Gasteiger partial charge is 0.358 e. The van der Waals surface area contributed by atoms with Crippen molar-refractivity contribution in [2.45, 2.75) is 11.8 Å². The highest BCUT2D eigenvalue weighted by atomic mass is 32.2. The second-order valence-corrected chi connectivity index (χ2v) is 7.94. The number of hydrazine groups is 1. The molecule has 0 heterocycles.